The summed E-state index contributed by atoms with van der Waals surface area (Å²) in [5.74, 6) is -0.282. The molecule has 0 saturated heterocycles. The Morgan fingerprint density at radius 1 is 1.50 bits per heavy atom. The molecule has 1 N–H and O–H groups in total. The molecule has 0 fully saturated rings. The molecule has 0 radical (unpaired) electrons. The first-order chi connectivity index (χ1) is 6.18. The topological polar surface area (TPSA) is 46.5 Å². The Kier molecular flexibility index (Phi) is 7.01. The number of hydrogen-bond donors (Lipinski definition) is 1. The van der Waals surface area contributed by atoms with E-state index in [0.29, 0.717) is 10.8 Å². The van der Waals surface area contributed by atoms with Gasteiger partial charge in [0, 0.05) is 5.02 Å². The van der Waals surface area contributed by atoms with E-state index < -0.39 is 5.97 Å². The van der Waals surface area contributed by atoms with Crippen molar-refractivity contribution in [2.75, 3.05) is 6.61 Å². The van der Waals surface area contributed by atoms with Crippen LogP contribution in [0.1, 0.15) is 6.42 Å². The van der Waals surface area contributed by atoms with Crippen LogP contribution >= 0.6 is 11.6 Å². The van der Waals surface area contributed by atoms with Crippen molar-refractivity contribution in [3.63, 3.8) is 0 Å². The first-order valence-electron chi connectivity index (χ1n) is 3.78. The van der Waals surface area contributed by atoms with Gasteiger partial charge in [0.2, 0.25) is 0 Å². The minimum atomic E-state index is -0.873. The zero-order valence-corrected chi connectivity index (χ0v) is 7.62. The molecule has 0 spiro atoms. The molecule has 0 aromatic heterocycles. The summed E-state index contributed by atoms with van der Waals surface area (Å²) < 4.78 is 5.13. The molecule has 1 aromatic carbocycles. The minimum absolute atomic E-state index is 0. The molecule has 0 saturated carbocycles. The molecular formula is C9H10ClNaO3. The Balaban J connectivity index is 0.00000169. The number of hydrogen-bond acceptors (Lipinski definition) is 2. The van der Waals surface area contributed by atoms with Gasteiger partial charge in [-0.05, 0) is 18.2 Å². The van der Waals surface area contributed by atoms with Crippen LogP contribution in [0.4, 0.5) is 0 Å². The van der Waals surface area contributed by atoms with Crippen molar-refractivity contribution in [3.8, 4) is 5.75 Å². The number of carboxylic acids is 1. The predicted octanol–water partition coefficient (Wildman–Crippen LogP) is 1.54. The van der Waals surface area contributed by atoms with E-state index in [1.165, 1.54) is 0 Å². The summed E-state index contributed by atoms with van der Waals surface area (Å²) >= 11 is 5.69. The Morgan fingerprint density at radius 2 is 2.21 bits per heavy atom. The van der Waals surface area contributed by atoms with Crippen molar-refractivity contribution in [2.24, 2.45) is 0 Å². The van der Waals surface area contributed by atoms with E-state index >= 15 is 0 Å². The second-order valence-electron chi connectivity index (χ2n) is 2.45. The summed E-state index contributed by atoms with van der Waals surface area (Å²) in [5, 5.41) is 8.92. The SMILES string of the molecule is O=C(O)CCOc1cccc(Cl)c1.[NaH]. The maximum absolute atomic E-state index is 10.2. The third-order valence-electron chi connectivity index (χ3n) is 1.38. The summed E-state index contributed by atoms with van der Waals surface area (Å²) in [5.41, 5.74) is 0. The van der Waals surface area contributed by atoms with Gasteiger partial charge in [-0.25, -0.2) is 0 Å². The molecule has 0 aliphatic heterocycles. The predicted molar refractivity (Wildman–Crippen MR) is 56.3 cm³/mol. The van der Waals surface area contributed by atoms with Crippen LogP contribution in [-0.2, 0) is 4.79 Å². The van der Waals surface area contributed by atoms with Crippen molar-refractivity contribution < 1.29 is 14.6 Å². The fourth-order valence-corrected chi connectivity index (χ4v) is 0.993. The van der Waals surface area contributed by atoms with Gasteiger partial charge in [-0.1, -0.05) is 17.7 Å². The molecule has 0 atom stereocenters. The van der Waals surface area contributed by atoms with E-state index in [-0.39, 0.29) is 42.6 Å². The molecule has 0 amide bonds. The molecule has 0 aliphatic rings. The zero-order chi connectivity index (χ0) is 9.68. The second-order valence-corrected chi connectivity index (χ2v) is 2.89. The Labute approximate surface area is 109 Å². The number of rotatable bonds is 4. The maximum atomic E-state index is 10.2. The normalized spacial score (nSPS) is 8.93. The van der Waals surface area contributed by atoms with E-state index in [9.17, 15) is 4.79 Å². The zero-order valence-electron chi connectivity index (χ0n) is 6.87. The van der Waals surface area contributed by atoms with Gasteiger partial charge in [-0.15, -0.1) is 0 Å². The fourth-order valence-electron chi connectivity index (χ4n) is 0.813. The third kappa shape index (κ3) is 5.50. The Hall–Kier alpha value is -0.220. The van der Waals surface area contributed by atoms with Crippen LogP contribution in [0.5, 0.6) is 5.75 Å². The monoisotopic (exact) mass is 224 g/mol. The quantitative estimate of drug-likeness (QED) is 0.790. The van der Waals surface area contributed by atoms with Crippen molar-refractivity contribution in [2.45, 2.75) is 6.42 Å². The molecule has 1 aromatic rings. The summed E-state index contributed by atoms with van der Waals surface area (Å²) in [6.07, 6.45) is -0.00743. The van der Waals surface area contributed by atoms with Crippen molar-refractivity contribution >= 4 is 47.1 Å². The average Bonchev–Trinajstić information content (AvgIpc) is 2.03. The number of benzene rings is 1. The van der Waals surface area contributed by atoms with Crippen molar-refractivity contribution in [1.82, 2.24) is 0 Å². The van der Waals surface area contributed by atoms with Gasteiger partial charge in [-0.2, -0.15) is 0 Å². The van der Waals surface area contributed by atoms with Crippen LogP contribution in [0.15, 0.2) is 24.3 Å². The summed E-state index contributed by atoms with van der Waals surface area (Å²) in [6.45, 7) is 0.162. The molecule has 5 heteroatoms. The van der Waals surface area contributed by atoms with Gasteiger partial charge < -0.3 is 9.84 Å². The molecule has 0 unspecified atom stereocenters. The van der Waals surface area contributed by atoms with Gasteiger partial charge >= 0.3 is 35.5 Å². The number of halogens is 1. The number of ether oxygens (including phenoxy) is 1. The van der Waals surface area contributed by atoms with E-state index in [2.05, 4.69) is 0 Å². The standard InChI is InChI=1S/C9H9ClO3.Na.H/c10-7-2-1-3-8(6-7)13-5-4-9(11)12;;/h1-3,6H,4-5H2,(H,11,12);;. The molecule has 14 heavy (non-hydrogen) atoms. The van der Waals surface area contributed by atoms with Crippen LogP contribution < -0.4 is 4.74 Å². The fraction of sp³-hybridized carbons (Fsp3) is 0.222. The van der Waals surface area contributed by atoms with Crippen LogP contribution in [0.3, 0.4) is 0 Å². The first kappa shape index (κ1) is 13.8. The van der Waals surface area contributed by atoms with E-state index in [4.69, 9.17) is 21.4 Å². The van der Waals surface area contributed by atoms with Gasteiger partial charge in [0.1, 0.15) is 5.75 Å². The van der Waals surface area contributed by atoms with Crippen molar-refractivity contribution in [3.05, 3.63) is 29.3 Å². The average molecular weight is 225 g/mol. The van der Waals surface area contributed by atoms with Crippen LogP contribution in [0.2, 0.25) is 5.02 Å². The van der Waals surface area contributed by atoms with E-state index in [1.807, 2.05) is 0 Å². The van der Waals surface area contributed by atoms with E-state index in [0.717, 1.165) is 0 Å². The first-order valence-corrected chi connectivity index (χ1v) is 4.16. The van der Waals surface area contributed by atoms with Gasteiger partial charge in [0.25, 0.3) is 0 Å². The third-order valence-corrected chi connectivity index (χ3v) is 1.62. The second kappa shape index (κ2) is 7.12. The van der Waals surface area contributed by atoms with E-state index in [1.54, 1.807) is 24.3 Å². The van der Waals surface area contributed by atoms with Gasteiger partial charge in [0.05, 0.1) is 13.0 Å². The molecule has 3 nitrogen and oxygen atoms in total. The summed E-state index contributed by atoms with van der Waals surface area (Å²) in [7, 11) is 0. The molecular weight excluding hydrogens is 215 g/mol. The number of carboxylic acid groups (broad SMARTS) is 1. The Morgan fingerprint density at radius 3 is 2.79 bits per heavy atom. The number of aliphatic carboxylic acids is 1. The Bertz CT molecular complexity index is 304. The molecule has 0 heterocycles. The van der Waals surface area contributed by atoms with Crippen molar-refractivity contribution in [1.29, 1.82) is 0 Å². The molecule has 72 valence electrons. The summed E-state index contributed by atoms with van der Waals surface area (Å²) in [4.78, 5) is 10.2. The summed E-state index contributed by atoms with van der Waals surface area (Å²) in [6, 6.07) is 6.85. The molecule has 0 aliphatic carbocycles. The van der Waals surface area contributed by atoms with Crippen LogP contribution in [-0.4, -0.2) is 47.2 Å². The molecule has 0 bridgehead atoms. The number of carbonyl (C=O) groups is 1. The van der Waals surface area contributed by atoms with Crippen LogP contribution in [0.25, 0.3) is 0 Å². The molecule has 1 rings (SSSR count). The van der Waals surface area contributed by atoms with Gasteiger partial charge in [-0.3, -0.25) is 4.79 Å². The van der Waals surface area contributed by atoms with Crippen LogP contribution in [0, 0.1) is 0 Å². The van der Waals surface area contributed by atoms with Gasteiger partial charge in [0.15, 0.2) is 0 Å².